The van der Waals surface area contributed by atoms with E-state index in [0.29, 0.717) is 5.92 Å². The molecule has 0 heterocycles. The quantitative estimate of drug-likeness (QED) is 0.466. The fourth-order valence-electron chi connectivity index (χ4n) is 2.29. The first-order valence-electron chi connectivity index (χ1n) is 7.25. The molecule has 0 aromatic heterocycles. The third-order valence-corrected chi connectivity index (χ3v) is 4.00. The Morgan fingerprint density at radius 2 is 2.05 bits per heavy atom. The van der Waals surface area contributed by atoms with Crippen molar-refractivity contribution in [2.24, 2.45) is 5.92 Å². The molecule has 0 amide bonds. The summed E-state index contributed by atoms with van der Waals surface area (Å²) in [5.41, 5.74) is 9.72. The molecule has 0 heteroatoms. The highest BCUT2D eigenvalue weighted by atomic mass is 14.2. The van der Waals surface area contributed by atoms with Gasteiger partial charge in [0.2, 0.25) is 0 Å². The Morgan fingerprint density at radius 3 is 2.65 bits per heavy atom. The summed E-state index contributed by atoms with van der Waals surface area (Å²) in [5, 5.41) is 0. The summed E-state index contributed by atoms with van der Waals surface area (Å²) in [5.74, 6) is 0.531. The summed E-state index contributed by atoms with van der Waals surface area (Å²) in [4.78, 5) is 0. The van der Waals surface area contributed by atoms with Crippen molar-refractivity contribution in [2.75, 3.05) is 0 Å². The number of benzene rings is 1. The average molecular weight is 266 g/mol. The van der Waals surface area contributed by atoms with Crippen LogP contribution in [0.2, 0.25) is 0 Å². The standard InChI is InChI=1S/C20H26/c1-7-9-11-15(3)17(5)14-20-18(6)16(4)12-13-19(20)10-8-2/h7,9-13,17H,2,14H2,1,3-6H3/b9-7-,15-11+. The van der Waals surface area contributed by atoms with Crippen LogP contribution in [-0.4, -0.2) is 0 Å². The van der Waals surface area contributed by atoms with Gasteiger partial charge < -0.3 is 0 Å². The van der Waals surface area contributed by atoms with Gasteiger partial charge in [-0.25, -0.2) is 0 Å². The third-order valence-electron chi connectivity index (χ3n) is 4.00. The minimum atomic E-state index is 0.531. The molecule has 106 valence electrons. The number of hydrogen-bond donors (Lipinski definition) is 0. The van der Waals surface area contributed by atoms with Crippen LogP contribution in [0.5, 0.6) is 0 Å². The SMILES string of the molecule is C=C=Cc1ccc(C)c(C)c1CC(C)/C(C)=C/C=C\C. The van der Waals surface area contributed by atoms with Gasteiger partial charge in [0.25, 0.3) is 0 Å². The van der Waals surface area contributed by atoms with Crippen molar-refractivity contribution in [2.45, 2.75) is 41.0 Å². The predicted octanol–water partition coefficient (Wildman–Crippen LogP) is 5.80. The molecule has 0 saturated heterocycles. The smallest absolute Gasteiger partial charge is 0.0131 e. The number of aryl methyl sites for hydroxylation is 1. The average Bonchev–Trinajstić information content (AvgIpc) is 2.44. The predicted molar refractivity (Wildman–Crippen MR) is 91.0 cm³/mol. The highest BCUT2D eigenvalue weighted by Crippen LogP contribution is 2.25. The molecule has 0 bridgehead atoms. The molecule has 0 aliphatic carbocycles. The Morgan fingerprint density at radius 1 is 1.35 bits per heavy atom. The Bertz CT molecular complexity index is 564. The Labute approximate surface area is 124 Å². The zero-order chi connectivity index (χ0) is 15.1. The van der Waals surface area contributed by atoms with Gasteiger partial charge in [-0.3, -0.25) is 0 Å². The van der Waals surface area contributed by atoms with Crippen LogP contribution in [-0.2, 0) is 6.42 Å². The van der Waals surface area contributed by atoms with E-state index in [4.69, 9.17) is 0 Å². The molecule has 0 spiro atoms. The zero-order valence-electron chi connectivity index (χ0n) is 13.5. The van der Waals surface area contributed by atoms with Crippen LogP contribution < -0.4 is 0 Å². The summed E-state index contributed by atoms with van der Waals surface area (Å²) < 4.78 is 0. The van der Waals surface area contributed by atoms with E-state index in [9.17, 15) is 0 Å². The lowest BCUT2D eigenvalue weighted by molar-refractivity contribution is 0.674. The molecule has 0 aliphatic heterocycles. The van der Waals surface area contributed by atoms with E-state index in [2.05, 4.69) is 70.4 Å². The van der Waals surface area contributed by atoms with Crippen LogP contribution in [0.15, 0.2) is 48.2 Å². The van der Waals surface area contributed by atoms with E-state index in [-0.39, 0.29) is 0 Å². The van der Waals surface area contributed by atoms with E-state index in [0.717, 1.165) is 6.42 Å². The van der Waals surface area contributed by atoms with Crippen molar-refractivity contribution in [3.8, 4) is 0 Å². The van der Waals surface area contributed by atoms with E-state index in [1.165, 1.54) is 27.8 Å². The van der Waals surface area contributed by atoms with Gasteiger partial charge in [-0.05, 0) is 68.4 Å². The molecule has 1 atom stereocenters. The van der Waals surface area contributed by atoms with E-state index in [1.807, 2.05) is 13.0 Å². The lowest BCUT2D eigenvalue weighted by Crippen LogP contribution is -2.05. The molecule has 1 rings (SSSR count). The second kappa shape index (κ2) is 7.72. The highest BCUT2D eigenvalue weighted by molar-refractivity contribution is 5.57. The molecule has 0 aliphatic rings. The van der Waals surface area contributed by atoms with Crippen LogP contribution in [0.1, 0.15) is 43.0 Å². The van der Waals surface area contributed by atoms with E-state index in [1.54, 1.807) is 0 Å². The first-order chi connectivity index (χ1) is 9.51. The Balaban J connectivity index is 3.13. The topological polar surface area (TPSA) is 0 Å². The van der Waals surface area contributed by atoms with Gasteiger partial charge in [0.1, 0.15) is 0 Å². The molecule has 0 fully saturated rings. The Hall–Kier alpha value is -1.78. The fraction of sp³-hybridized carbons (Fsp3) is 0.350. The summed E-state index contributed by atoms with van der Waals surface area (Å²) in [6.45, 7) is 14.6. The van der Waals surface area contributed by atoms with Crippen molar-refractivity contribution in [1.29, 1.82) is 0 Å². The summed E-state index contributed by atoms with van der Waals surface area (Å²) in [6, 6.07) is 4.35. The van der Waals surface area contributed by atoms with Gasteiger partial charge >= 0.3 is 0 Å². The van der Waals surface area contributed by atoms with Gasteiger partial charge in [0, 0.05) is 0 Å². The largest absolute Gasteiger partial charge is 0.128 e. The van der Waals surface area contributed by atoms with Gasteiger partial charge in [0.15, 0.2) is 0 Å². The van der Waals surface area contributed by atoms with E-state index >= 15 is 0 Å². The minimum Gasteiger partial charge on any atom is -0.128 e. The molecule has 0 nitrogen and oxygen atoms in total. The molecule has 1 aromatic carbocycles. The van der Waals surface area contributed by atoms with Crippen molar-refractivity contribution in [3.05, 3.63) is 70.5 Å². The molecule has 0 radical (unpaired) electrons. The van der Waals surface area contributed by atoms with Crippen LogP contribution in [0, 0.1) is 19.8 Å². The molecular weight excluding hydrogens is 240 g/mol. The van der Waals surface area contributed by atoms with E-state index < -0.39 is 0 Å². The fourth-order valence-corrected chi connectivity index (χ4v) is 2.29. The first-order valence-corrected chi connectivity index (χ1v) is 7.25. The van der Waals surface area contributed by atoms with Crippen LogP contribution in [0.3, 0.4) is 0 Å². The van der Waals surface area contributed by atoms with Gasteiger partial charge in [-0.1, -0.05) is 49.4 Å². The zero-order valence-corrected chi connectivity index (χ0v) is 13.5. The maximum absolute atomic E-state index is 3.70. The third kappa shape index (κ3) is 4.11. The summed E-state index contributed by atoms with van der Waals surface area (Å²) in [6.07, 6.45) is 9.43. The van der Waals surface area contributed by atoms with Gasteiger partial charge in [0.05, 0.1) is 0 Å². The first kappa shape index (κ1) is 16.3. The van der Waals surface area contributed by atoms with Crippen molar-refractivity contribution < 1.29 is 0 Å². The molecule has 0 N–H and O–H groups in total. The normalized spacial score (nSPS) is 13.3. The van der Waals surface area contributed by atoms with Crippen LogP contribution >= 0.6 is 0 Å². The molecule has 1 aromatic rings. The maximum atomic E-state index is 3.70. The molecule has 0 saturated carbocycles. The second-order valence-corrected chi connectivity index (χ2v) is 5.47. The molecular formula is C20H26. The molecule has 1 unspecified atom stereocenters. The maximum Gasteiger partial charge on any atom is -0.0131 e. The van der Waals surface area contributed by atoms with Crippen molar-refractivity contribution >= 4 is 6.08 Å². The van der Waals surface area contributed by atoms with Crippen molar-refractivity contribution in [1.82, 2.24) is 0 Å². The lowest BCUT2D eigenvalue weighted by atomic mass is 9.87. The van der Waals surface area contributed by atoms with Gasteiger partial charge in [-0.2, -0.15) is 0 Å². The number of rotatable bonds is 5. The van der Waals surface area contributed by atoms with Crippen LogP contribution in [0.25, 0.3) is 6.08 Å². The number of allylic oxidation sites excluding steroid dienone is 4. The minimum absolute atomic E-state index is 0.531. The molecule has 20 heavy (non-hydrogen) atoms. The highest BCUT2D eigenvalue weighted by Gasteiger charge is 2.11. The summed E-state index contributed by atoms with van der Waals surface area (Å²) in [7, 11) is 0. The second-order valence-electron chi connectivity index (χ2n) is 5.47. The Kier molecular flexibility index (Phi) is 6.28. The van der Waals surface area contributed by atoms with Crippen molar-refractivity contribution in [3.63, 3.8) is 0 Å². The summed E-state index contributed by atoms with van der Waals surface area (Å²) >= 11 is 0. The monoisotopic (exact) mass is 266 g/mol. The number of hydrogen-bond acceptors (Lipinski definition) is 0. The van der Waals surface area contributed by atoms with Crippen LogP contribution in [0.4, 0.5) is 0 Å². The van der Waals surface area contributed by atoms with Gasteiger partial charge in [-0.15, -0.1) is 5.73 Å². The lowest BCUT2D eigenvalue weighted by Gasteiger charge is -2.17.